The summed E-state index contributed by atoms with van der Waals surface area (Å²) in [5.74, 6) is 0.660. The minimum absolute atomic E-state index is 0.00827. The number of rotatable bonds is 5. The van der Waals surface area contributed by atoms with Gasteiger partial charge >= 0.3 is 0 Å². The summed E-state index contributed by atoms with van der Waals surface area (Å²) in [5.41, 5.74) is 2.12. The molecule has 1 unspecified atom stereocenters. The van der Waals surface area contributed by atoms with Crippen LogP contribution in [0.4, 0.5) is 0 Å². The molecule has 0 bridgehead atoms. The van der Waals surface area contributed by atoms with Crippen molar-refractivity contribution in [2.45, 2.75) is 51.7 Å². The van der Waals surface area contributed by atoms with Crippen LogP contribution in [0.25, 0.3) is 0 Å². The number of hydrogen-bond acceptors (Lipinski definition) is 4. The summed E-state index contributed by atoms with van der Waals surface area (Å²) in [5, 5.41) is 2.87. The van der Waals surface area contributed by atoms with Crippen molar-refractivity contribution < 1.29 is 17.9 Å². The molecule has 1 aliphatic heterocycles. The Labute approximate surface area is 173 Å². The molecule has 0 radical (unpaired) electrons. The monoisotopic (exact) mass is 415 g/mol. The molecule has 1 N–H and O–H groups in total. The molecule has 0 aliphatic carbocycles. The zero-order chi connectivity index (χ0) is 21.3. The molecular weight excluding hydrogens is 386 g/mol. The Balaban J connectivity index is 1.57. The van der Waals surface area contributed by atoms with Crippen molar-refractivity contribution in [2.24, 2.45) is 0 Å². The van der Waals surface area contributed by atoms with Gasteiger partial charge in [-0.25, -0.2) is 8.42 Å². The van der Waals surface area contributed by atoms with Crippen LogP contribution in [0, 0.1) is 0 Å². The Morgan fingerprint density at radius 3 is 2.21 bits per heavy atom. The van der Waals surface area contributed by atoms with Crippen molar-refractivity contribution in [3.63, 3.8) is 0 Å². The molecule has 6 heteroatoms. The minimum atomic E-state index is -3.06. The number of ether oxygens (including phenoxy) is 1. The Bertz CT molecular complexity index is 973. The number of nitrogens with one attached hydrogen (secondary N) is 1. The molecule has 0 saturated carbocycles. The third-order valence-corrected chi connectivity index (χ3v) is 7.16. The van der Waals surface area contributed by atoms with Crippen LogP contribution in [0.1, 0.15) is 55.6 Å². The highest BCUT2D eigenvalue weighted by molar-refractivity contribution is 7.91. The van der Waals surface area contributed by atoms with E-state index in [-0.39, 0.29) is 22.8 Å². The maximum Gasteiger partial charge on any atom is 0.251 e. The molecule has 3 rings (SSSR count). The van der Waals surface area contributed by atoms with Gasteiger partial charge in [0.15, 0.2) is 9.84 Å². The molecule has 1 saturated heterocycles. The maximum absolute atomic E-state index is 12.5. The van der Waals surface area contributed by atoms with Gasteiger partial charge in [0, 0.05) is 5.56 Å². The van der Waals surface area contributed by atoms with Gasteiger partial charge in [0.05, 0.1) is 17.0 Å². The molecular formula is C23H29NO4S. The SMILES string of the molecule is CC1(NC(=O)c2ccc(COc3ccc(C(C)(C)C)cc3)cc2)CCS(=O)(=O)C1. The summed E-state index contributed by atoms with van der Waals surface area (Å²) < 4.78 is 29.2. The molecule has 2 aromatic rings. The van der Waals surface area contributed by atoms with E-state index < -0.39 is 15.4 Å². The fourth-order valence-corrected chi connectivity index (χ4v) is 5.52. The van der Waals surface area contributed by atoms with Crippen molar-refractivity contribution in [3.8, 4) is 5.75 Å². The topological polar surface area (TPSA) is 72.5 Å². The summed E-state index contributed by atoms with van der Waals surface area (Å²) in [7, 11) is -3.06. The van der Waals surface area contributed by atoms with Crippen molar-refractivity contribution >= 4 is 15.7 Å². The first-order valence-corrected chi connectivity index (χ1v) is 11.6. The molecule has 156 valence electrons. The highest BCUT2D eigenvalue weighted by Crippen LogP contribution is 2.25. The number of amides is 1. The van der Waals surface area contributed by atoms with Crippen molar-refractivity contribution in [1.29, 1.82) is 0 Å². The molecule has 2 aromatic carbocycles. The summed E-state index contributed by atoms with van der Waals surface area (Å²) in [6.45, 7) is 8.71. The number of carbonyl (C=O) groups excluding carboxylic acids is 1. The van der Waals surface area contributed by atoms with Crippen LogP contribution in [0.15, 0.2) is 48.5 Å². The van der Waals surface area contributed by atoms with Crippen LogP contribution >= 0.6 is 0 Å². The number of benzene rings is 2. The maximum atomic E-state index is 12.5. The standard InChI is InChI=1S/C23H29NO4S/c1-22(2,3)19-9-11-20(12-10-19)28-15-17-5-7-18(8-6-17)21(25)24-23(4)13-14-29(26,27)16-23/h5-12H,13-16H2,1-4H3,(H,24,25). The second-order valence-corrected chi connectivity index (χ2v) is 11.3. The Morgan fingerprint density at radius 1 is 1.07 bits per heavy atom. The summed E-state index contributed by atoms with van der Waals surface area (Å²) in [6, 6.07) is 15.3. The second-order valence-electron chi connectivity index (χ2n) is 9.12. The molecule has 0 aromatic heterocycles. The highest BCUT2D eigenvalue weighted by atomic mass is 32.2. The average Bonchev–Trinajstić information content (AvgIpc) is 2.92. The van der Waals surface area contributed by atoms with Crippen molar-refractivity contribution in [2.75, 3.05) is 11.5 Å². The lowest BCUT2D eigenvalue weighted by molar-refractivity contribution is 0.0915. The lowest BCUT2D eigenvalue weighted by atomic mass is 9.87. The van der Waals surface area contributed by atoms with E-state index in [0.717, 1.165) is 11.3 Å². The smallest absolute Gasteiger partial charge is 0.251 e. The average molecular weight is 416 g/mol. The number of carbonyl (C=O) groups is 1. The van der Waals surface area contributed by atoms with E-state index in [1.165, 1.54) is 5.56 Å². The van der Waals surface area contributed by atoms with E-state index in [1.807, 2.05) is 24.3 Å². The Hall–Kier alpha value is -2.34. The normalized spacial score (nSPS) is 21.0. The first kappa shape index (κ1) is 21.4. The fraction of sp³-hybridized carbons (Fsp3) is 0.435. The Morgan fingerprint density at radius 2 is 1.69 bits per heavy atom. The predicted molar refractivity (Wildman–Crippen MR) is 115 cm³/mol. The quantitative estimate of drug-likeness (QED) is 0.805. The van der Waals surface area contributed by atoms with Gasteiger partial charge in [-0.2, -0.15) is 0 Å². The van der Waals surface area contributed by atoms with E-state index in [2.05, 4.69) is 38.2 Å². The predicted octanol–water partition coefficient (Wildman–Crippen LogP) is 3.87. The second kappa shape index (κ2) is 7.82. The van der Waals surface area contributed by atoms with Crippen LogP contribution in [-0.4, -0.2) is 31.4 Å². The van der Waals surface area contributed by atoms with Crippen LogP contribution in [0.2, 0.25) is 0 Å². The molecule has 29 heavy (non-hydrogen) atoms. The molecule has 1 aliphatic rings. The molecule has 1 fully saturated rings. The zero-order valence-electron chi connectivity index (χ0n) is 17.5. The van der Waals surface area contributed by atoms with Crippen molar-refractivity contribution in [1.82, 2.24) is 5.32 Å². The minimum Gasteiger partial charge on any atom is -0.489 e. The van der Waals surface area contributed by atoms with Crippen LogP contribution < -0.4 is 10.1 Å². The lowest BCUT2D eigenvalue weighted by Gasteiger charge is -2.23. The highest BCUT2D eigenvalue weighted by Gasteiger charge is 2.39. The van der Waals surface area contributed by atoms with Gasteiger partial charge in [0.1, 0.15) is 12.4 Å². The van der Waals surface area contributed by atoms with E-state index >= 15 is 0 Å². The van der Waals surface area contributed by atoms with Crippen LogP contribution in [-0.2, 0) is 21.9 Å². The van der Waals surface area contributed by atoms with Gasteiger partial charge in [-0.05, 0) is 54.2 Å². The Kier molecular flexibility index (Phi) is 5.77. The summed E-state index contributed by atoms with van der Waals surface area (Å²) in [4.78, 5) is 12.5. The number of sulfone groups is 1. The van der Waals surface area contributed by atoms with Gasteiger partial charge in [0.2, 0.25) is 0 Å². The largest absolute Gasteiger partial charge is 0.489 e. The van der Waals surface area contributed by atoms with E-state index in [9.17, 15) is 13.2 Å². The third kappa shape index (κ3) is 5.60. The van der Waals surface area contributed by atoms with Crippen molar-refractivity contribution in [3.05, 3.63) is 65.2 Å². The number of hydrogen-bond donors (Lipinski definition) is 1. The van der Waals surface area contributed by atoms with Gasteiger partial charge in [-0.15, -0.1) is 0 Å². The summed E-state index contributed by atoms with van der Waals surface area (Å²) >= 11 is 0. The molecule has 5 nitrogen and oxygen atoms in total. The lowest BCUT2D eigenvalue weighted by Crippen LogP contribution is -2.46. The van der Waals surface area contributed by atoms with Crippen LogP contribution in [0.5, 0.6) is 5.75 Å². The van der Waals surface area contributed by atoms with Gasteiger partial charge in [-0.1, -0.05) is 45.0 Å². The van der Waals surface area contributed by atoms with E-state index in [1.54, 1.807) is 19.1 Å². The molecule has 1 atom stereocenters. The first-order valence-electron chi connectivity index (χ1n) is 9.81. The molecule has 0 spiro atoms. The van der Waals surface area contributed by atoms with Gasteiger partial charge in [-0.3, -0.25) is 4.79 Å². The zero-order valence-corrected chi connectivity index (χ0v) is 18.3. The van der Waals surface area contributed by atoms with Gasteiger partial charge in [0.25, 0.3) is 5.91 Å². The van der Waals surface area contributed by atoms with E-state index in [4.69, 9.17) is 4.74 Å². The fourth-order valence-electron chi connectivity index (χ4n) is 3.43. The third-order valence-electron chi connectivity index (χ3n) is 5.26. The molecule has 1 heterocycles. The summed E-state index contributed by atoms with van der Waals surface area (Å²) in [6.07, 6.45) is 0.445. The van der Waals surface area contributed by atoms with E-state index in [0.29, 0.717) is 18.6 Å². The van der Waals surface area contributed by atoms with Crippen LogP contribution in [0.3, 0.4) is 0 Å². The first-order chi connectivity index (χ1) is 13.5. The van der Waals surface area contributed by atoms with Gasteiger partial charge < -0.3 is 10.1 Å². The molecule has 1 amide bonds.